The fraction of sp³-hybridized carbons (Fsp3) is 0.283. The lowest BCUT2D eigenvalue weighted by atomic mass is 9.76. The van der Waals surface area contributed by atoms with Gasteiger partial charge in [0.25, 0.3) is 8.32 Å². The Hall–Kier alpha value is -5.07. The lowest BCUT2D eigenvalue weighted by Crippen LogP contribution is -2.39. The summed E-state index contributed by atoms with van der Waals surface area (Å²) in [5.74, 6) is 0.124. The summed E-state index contributed by atoms with van der Waals surface area (Å²) in [6.07, 6.45) is 10.9. The topological polar surface area (TPSA) is 56.5 Å². The van der Waals surface area contributed by atoms with Crippen molar-refractivity contribution in [2.45, 2.75) is 77.0 Å². The van der Waals surface area contributed by atoms with E-state index in [1.54, 1.807) is 6.08 Å². The van der Waals surface area contributed by atoms with Gasteiger partial charge in [-0.05, 0) is 90.2 Å². The molecule has 0 atom stereocenters. The van der Waals surface area contributed by atoms with E-state index in [1.165, 1.54) is 0 Å². The van der Waals surface area contributed by atoms with Gasteiger partial charge in [-0.25, -0.2) is 4.98 Å². The van der Waals surface area contributed by atoms with Crippen LogP contribution in [-0.4, -0.2) is 29.4 Å². The summed E-state index contributed by atoms with van der Waals surface area (Å²) in [5.41, 5.74) is 7.76. The van der Waals surface area contributed by atoms with Gasteiger partial charge in [0.15, 0.2) is 5.78 Å². The Morgan fingerprint density at radius 3 is 1.73 bits per heavy atom. The van der Waals surface area contributed by atoms with Gasteiger partial charge in [-0.1, -0.05) is 148 Å². The molecular weight excluding hydrogens is 655 g/mol. The first-order valence-corrected chi connectivity index (χ1v) is 21.3. The first-order valence-electron chi connectivity index (χ1n) is 18.4. The van der Waals surface area contributed by atoms with Gasteiger partial charge in [0, 0.05) is 5.92 Å². The summed E-state index contributed by atoms with van der Waals surface area (Å²) in [7, 11) is -1.97. The molecule has 52 heavy (non-hydrogen) atoms. The van der Waals surface area contributed by atoms with Crippen LogP contribution in [0.2, 0.25) is 18.1 Å². The third-order valence-electron chi connectivity index (χ3n) is 11.0. The molecule has 0 spiro atoms. The second-order valence-electron chi connectivity index (χ2n) is 15.4. The number of allylic oxidation sites excluding steroid dienone is 4. The highest BCUT2D eigenvalue weighted by Gasteiger charge is 2.41. The number of carbonyl (C=O) groups excluding carboxylic acids is 1. The third-order valence-corrected chi connectivity index (χ3v) is 15.2. The van der Waals surface area contributed by atoms with Crippen molar-refractivity contribution in [2.75, 3.05) is 0 Å². The molecule has 266 valence electrons. The highest BCUT2D eigenvalue weighted by molar-refractivity contribution is 6.74. The van der Waals surface area contributed by atoms with E-state index in [0.29, 0.717) is 0 Å². The lowest BCUT2D eigenvalue weighted by molar-refractivity contribution is -0.118. The molecule has 1 aliphatic carbocycles. The molecule has 1 saturated carbocycles. The van der Waals surface area contributed by atoms with Crippen molar-refractivity contribution in [3.8, 4) is 0 Å². The highest BCUT2D eigenvalue weighted by Crippen LogP contribution is 2.43. The van der Waals surface area contributed by atoms with E-state index in [0.717, 1.165) is 70.5 Å². The average Bonchev–Trinajstić information content (AvgIpc) is 3.66. The Bertz CT molecular complexity index is 1930. The van der Waals surface area contributed by atoms with Gasteiger partial charge < -0.3 is 9.09 Å². The molecule has 0 unspecified atom stereocenters. The number of carbonyl (C=O) groups is 1. The van der Waals surface area contributed by atoms with Crippen molar-refractivity contribution >= 4 is 31.0 Å². The molecular formula is C46H51N3O2Si. The van der Waals surface area contributed by atoms with Gasteiger partial charge in [0.2, 0.25) is 0 Å². The predicted octanol–water partition coefficient (Wildman–Crippen LogP) is 11.3. The normalized spacial score (nSPS) is 16.0. The maximum atomic E-state index is 13.8. The van der Waals surface area contributed by atoms with Crippen LogP contribution in [0, 0.1) is 5.92 Å². The molecule has 6 rings (SSSR count). The number of ketones is 1. The van der Waals surface area contributed by atoms with Gasteiger partial charge in [-0.15, -0.1) is 5.16 Å². The summed E-state index contributed by atoms with van der Waals surface area (Å²) in [5, 5.41) is 4.71. The largest absolute Gasteiger partial charge is 0.455 e. The van der Waals surface area contributed by atoms with Crippen molar-refractivity contribution < 1.29 is 9.32 Å². The van der Waals surface area contributed by atoms with Gasteiger partial charge >= 0.3 is 0 Å². The fourth-order valence-corrected chi connectivity index (χ4v) is 7.56. The van der Waals surface area contributed by atoms with Crippen molar-refractivity contribution in [3.63, 3.8) is 0 Å². The third kappa shape index (κ3) is 7.58. The van der Waals surface area contributed by atoms with Gasteiger partial charge in [0.1, 0.15) is 5.54 Å². The Morgan fingerprint density at radius 2 is 1.25 bits per heavy atom. The van der Waals surface area contributed by atoms with Gasteiger partial charge in [-0.3, -0.25) is 4.79 Å². The number of rotatable bonds is 11. The van der Waals surface area contributed by atoms with Crippen LogP contribution in [0.15, 0.2) is 151 Å². The Labute approximate surface area is 310 Å². The first kappa shape index (κ1) is 36.7. The summed E-state index contributed by atoms with van der Waals surface area (Å²) < 4.78 is 8.45. The number of nitrogens with zero attached hydrogens (tertiary/aromatic N) is 3. The molecule has 0 radical (unpaired) electrons. The molecule has 6 heteroatoms. The minimum atomic E-state index is -1.97. The van der Waals surface area contributed by atoms with Crippen LogP contribution in [0.25, 0.3) is 11.1 Å². The van der Waals surface area contributed by atoms with Crippen molar-refractivity contribution in [1.29, 1.82) is 0 Å². The molecule has 0 aliphatic heterocycles. The van der Waals surface area contributed by atoms with Crippen LogP contribution in [0.3, 0.4) is 0 Å². The molecule has 5 aromatic rings. The van der Waals surface area contributed by atoms with Crippen molar-refractivity contribution in [2.24, 2.45) is 11.1 Å². The maximum absolute atomic E-state index is 13.8. The van der Waals surface area contributed by atoms with Crippen LogP contribution in [0.4, 0.5) is 0 Å². The molecule has 1 aromatic heterocycles. The van der Waals surface area contributed by atoms with Crippen LogP contribution in [0.1, 0.15) is 81.3 Å². The Balaban J connectivity index is 1.39. The number of benzene rings is 4. The van der Waals surface area contributed by atoms with E-state index in [-0.39, 0.29) is 16.7 Å². The summed E-state index contributed by atoms with van der Waals surface area (Å²) in [6.45, 7) is 13.2. The van der Waals surface area contributed by atoms with Crippen LogP contribution in [-0.2, 0) is 14.9 Å². The number of imidazole rings is 1. The zero-order valence-electron chi connectivity index (χ0n) is 31.4. The summed E-state index contributed by atoms with van der Waals surface area (Å²) >= 11 is 0. The molecule has 0 bridgehead atoms. The zero-order valence-corrected chi connectivity index (χ0v) is 32.4. The average molecular weight is 706 g/mol. The maximum Gasteiger partial charge on any atom is 0.286 e. The lowest BCUT2D eigenvalue weighted by Gasteiger charge is -2.39. The second-order valence-corrected chi connectivity index (χ2v) is 20.1. The minimum Gasteiger partial charge on any atom is -0.455 e. The fourth-order valence-electron chi connectivity index (χ4n) is 6.93. The summed E-state index contributed by atoms with van der Waals surface area (Å²) in [6, 6.07) is 42.3. The van der Waals surface area contributed by atoms with Gasteiger partial charge in [-0.2, -0.15) is 0 Å². The summed E-state index contributed by atoms with van der Waals surface area (Å²) in [4.78, 5) is 18.6. The monoisotopic (exact) mass is 705 g/mol. The Kier molecular flexibility index (Phi) is 11.1. The van der Waals surface area contributed by atoms with E-state index < -0.39 is 13.9 Å². The molecule has 1 aliphatic rings. The number of aromatic nitrogens is 2. The first-order chi connectivity index (χ1) is 25.0. The van der Waals surface area contributed by atoms with Crippen LogP contribution < -0.4 is 0 Å². The predicted molar refractivity (Wildman–Crippen MR) is 218 cm³/mol. The minimum absolute atomic E-state index is 0.0344. The molecule has 1 fully saturated rings. The smallest absolute Gasteiger partial charge is 0.286 e. The SMILES string of the molecule is CC(=C(C=CC(=O)C1CCC(=NO[Si](C)(C)C(C)(C)C)CC1)c1ccccc1)c1cncn1C(c1ccccc1)(c1ccccc1)c1ccccc1. The number of hydrogen-bond donors (Lipinski definition) is 0. The zero-order chi connectivity index (χ0) is 36.8. The number of hydrogen-bond acceptors (Lipinski definition) is 4. The van der Waals surface area contributed by atoms with E-state index in [4.69, 9.17) is 9.51 Å². The Morgan fingerprint density at radius 1 is 0.769 bits per heavy atom. The highest BCUT2D eigenvalue weighted by atomic mass is 28.4. The molecule has 0 saturated heterocycles. The molecule has 5 nitrogen and oxygen atoms in total. The van der Waals surface area contributed by atoms with Crippen molar-refractivity contribution in [3.05, 3.63) is 174 Å². The molecule has 1 heterocycles. The molecule has 0 N–H and O–H groups in total. The molecule has 4 aromatic carbocycles. The van der Waals surface area contributed by atoms with Crippen molar-refractivity contribution in [1.82, 2.24) is 9.55 Å². The second kappa shape index (κ2) is 15.7. The van der Waals surface area contributed by atoms with Crippen LogP contribution in [0.5, 0.6) is 0 Å². The van der Waals surface area contributed by atoms with E-state index >= 15 is 0 Å². The standard InChI is InChI=1S/C46H51N3O2Si/c1-35(42(36-19-11-7-12-20-36)31-32-44(50)37-27-29-41(30-28-37)48-51-52(5,6)45(2,3)4)43-33-47-34-49(43)46(38-21-13-8-14-22-38,39-23-15-9-16-24-39)40-25-17-10-18-26-40/h7-26,31-34,37H,27-30H2,1-6H3. The quantitative estimate of drug-likeness (QED) is 0.0452. The van der Waals surface area contributed by atoms with Crippen LogP contribution >= 0.6 is 0 Å². The van der Waals surface area contributed by atoms with E-state index in [9.17, 15) is 4.79 Å². The van der Waals surface area contributed by atoms with E-state index in [2.05, 4.69) is 154 Å². The number of oxime groups is 1. The molecule has 0 amide bonds. The van der Waals surface area contributed by atoms with Gasteiger partial charge in [0.05, 0.1) is 23.9 Å². The van der Waals surface area contributed by atoms with E-state index in [1.807, 2.05) is 36.8 Å².